The molecule has 41 heavy (non-hydrogen) atoms. The van der Waals surface area contributed by atoms with Gasteiger partial charge in [0.25, 0.3) is 0 Å². The van der Waals surface area contributed by atoms with Crippen molar-refractivity contribution in [2.75, 3.05) is 26.4 Å². The van der Waals surface area contributed by atoms with E-state index in [2.05, 4.69) is 10.3 Å². The van der Waals surface area contributed by atoms with Gasteiger partial charge in [0.2, 0.25) is 21.8 Å². The molecule has 0 bridgehead atoms. The largest absolute Gasteiger partial charge is 0.444 e. The average molecular weight is 594 g/mol. The summed E-state index contributed by atoms with van der Waals surface area (Å²) in [6.07, 6.45) is 3.02. The van der Waals surface area contributed by atoms with Crippen molar-refractivity contribution in [1.29, 1.82) is 0 Å². The van der Waals surface area contributed by atoms with E-state index in [9.17, 15) is 27.2 Å². The summed E-state index contributed by atoms with van der Waals surface area (Å²) in [5.41, 5.74) is 0.671. The average Bonchev–Trinajstić information content (AvgIpc) is 3.58. The fraction of sp³-hybridized carbons (Fsp3) is 0.607. The molecule has 13 heteroatoms. The predicted molar refractivity (Wildman–Crippen MR) is 152 cm³/mol. The van der Waals surface area contributed by atoms with Gasteiger partial charge in [0, 0.05) is 49.2 Å². The Morgan fingerprint density at radius 1 is 1.27 bits per heavy atom. The first-order valence-corrected chi connectivity index (χ1v) is 15.7. The van der Waals surface area contributed by atoms with Crippen LogP contribution in [0.25, 0.3) is 10.9 Å². The number of nitrogens with zero attached hydrogens (tertiary/aromatic N) is 3. The lowest BCUT2D eigenvalue weighted by Crippen LogP contribution is -2.55. The van der Waals surface area contributed by atoms with Crippen LogP contribution in [0.4, 0.5) is 9.18 Å². The molecule has 5 atom stereocenters. The molecule has 0 saturated carbocycles. The Balaban J connectivity index is 1.58. The third-order valence-corrected chi connectivity index (χ3v) is 9.30. The number of carbonyl (C=O) groups excluding carboxylic acids is 3. The number of benzene rings is 1. The summed E-state index contributed by atoms with van der Waals surface area (Å²) in [7, 11) is -2.11. The predicted octanol–water partition coefficient (Wildman–Crippen LogP) is 2.79. The normalized spacial score (nSPS) is 22.8. The van der Waals surface area contributed by atoms with Crippen molar-refractivity contribution in [1.82, 2.24) is 24.4 Å². The molecule has 226 valence electrons. The first-order valence-electron chi connectivity index (χ1n) is 13.8. The second-order valence-electron chi connectivity index (χ2n) is 12.0. The number of aromatic nitrogens is 1. The number of H-pyrrole nitrogens is 1. The Morgan fingerprint density at radius 2 is 1.95 bits per heavy atom. The lowest BCUT2D eigenvalue weighted by Gasteiger charge is -2.33. The number of hydrogen-bond donors (Lipinski definition) is 2. The molecule has 0 aliphatic carbocycles. The minimum absolute atomic E-state index is 0.184. The molecule has 1 aromatic carbocycles. The summed E-state index contributed by atoms with van der Waals surface area (Å²) < 4.78 is 46.2. The summed E-state index contributed by atoms with van der Waals surface area (Å²) in [6, 6.07) is 1.74. The van der Waals surface area contributed by atoms with Gasteiger partial charge in [-0.1, -0.05) is 6.92 Å². The highest BCUT2D eigenvalue weighted by Crippen LogP contribution is 2.44. The number of amides is 3. The monoisotopic (exact) mass is 593 g/mol. The van der Waals surface area contributed by atoms with Gasteiger partial charge in [0.05, 0.1) is 12.3 Å². The SMILES string of the molecule is CCC(NC(=O)C(C)N(C)C(=O)OC(C)(C)C)C(=O)N1CCC2C1C(c1c[nH]c3cc(F)ccc13)CN2S(C)(=O)=O. The minimum Gasteiger partial charge on any atom is -0.444 e. The van der Waals surface area contributed by atoms with E-state index in [0.717, 1.165) is 10.9 Å². The van der Waals surface area contributed by atoms with E-state index >= 15 is 0 Å². The Hall–Kier alpha value is -3.19. The quantitative estimate of drug-likeness (QED) is 0.508. The zero-order chi connectivity index (χ0) is 30.4. The zero-order valence-electron chi connectivity index (χ0n) is 24.6. The lowest BCUT2D eigenvalue weighted by atomic mass is 9.91. The smallest absolute Gasteiger partial charge is 0.410 e. The van der Waals surface area contributed by atoms with Crippen LogP contribution in [0.2, 0.25) is 0 Å². The maximum Gasteiger partial charge on any atom is 0.410 e. The third kappa shape index (κ3) is 6.20. The van der Waals surface area contributed by atoms with Crippen LogP contribution in [0, 0.1) is 5.82 Å². The molecule has 0 spiro atoms. The summed E-state index contributed by atoms with van der Waals surface area (Å²) in [5.74, 6) is -1.56. The van der Waals surface area contributed by atoms with E-state index in [1.54, 1.807) is 51.8 Å². The number of sulfonamides is 1. The van der Waals surface area contributed by atoms with Gasteiger partial charge in [-0.05, 0) is 64.3 Å². The van der Waals surface area contributed by atoms with Crippen LogP contribution in [-0.2, 0) is 24.3 Å². The van der Waals surface area contributed by atoms with E-state index < -0.39 is 57.6 Å². The van der Waals surface area contributed by atoms with Crippen LogP contribution in [0.1, 0.15) is 58.9 Å². The molecule has 3 amide bonds. The molecule has 2 N–H and O–H groups in total. The van der Waals surface area contributed by atoms with Gasteiger partial charge in [-0.3, -0.25) is 14.5 Å². The molecule has 11 nitrogen and oxygen atoms in total. The van der Waals surface area contributed by atoms with Crippen LogP contribution in [-0.4, -0.2) is 102 Å². The Labute approximate surface area is 240 Å². The second-order valence-corrected chi connectivity index (χ2v) is 13.9. The topological polar surface area (TPSA) is 132 Å². The van der Waals surface area contributed by atoms with E-state index in [1.807, 2.05) is 0 Å². The summed E-state index contributed by atoms with van der Waals surface area (Å²) in [4.78, 5) is 45.5. The number of carbonyl (C=O) groups is 3. The Kier molecular flexibility index (Phi) is 8.43. The third-order valence-electron chi connectivity index (χ3n) is 8.03. The molecular formula is C28H40FN5O6S. The van der Waals surface area contributed by atoms with E-state index in [4.69, 9.17) is 4.74 Å². The van der Waals surface area contributed by atoms with Crippen molar-refractivity contribution in [3.63, 3.8) is 0 Å². The molecule has 3 heterocycles. The molecule has 2 aromatic rings. The van der Waals surface area contributed by atoms with E-state index in [-0.39, 0.29) is 18.4 Å². The van der Waals surface area contributed by atoms with Crippen LogP contribution < -0.4 is 5.32 Å². The van der Waals surface area contributed by atoms with Gasteiger partial charge in [0.1, 0.15) is 23.5 Å². The second kappa shape index (κ2) is 11.2. The summed E-state index contributed by atoms with van der Waals surface area (Å²) >= 11 is 0. The summed E-state index contributed by atoms with van der Waals surface area (Å²) in [5, 5.41) is 3.56. The molecule has 0 radical (unpaired) electrons. The molecule has 5 unspecified atom stereocenters. The highest BCUT2D eigenvalue weighted by Gasteiger charge is 2.54. The number of nitrogens with one attached hydrogen (secondary N) is 2. The van der Waals surface area contributed by atoms with Crippen LogP contribution >= 0.6 is 0 Å². The standard InChI is InChI=1S/C28H40FN5O6S/c1-8-21(31-25(35)16(2)32(6)27(37)40-28(3,4)5)26(36)33-12-11-23-24(33)20(15-34(23)41(7,38)39)19-14-30-22-13-17(29)9-10-18(19)22/h9-10,13-14,16,20-21,23-24,30H,8,11-12,15H2,1-7H3,(H,31,35). The maximum atomic E-state index is 13.9. The first kappa shape index (κ1) is 30.8. The number of hydrogen-bond acceptors (Lipinski definition) is 6. The molecule has 2 saturated heterocycles. The fourth-order valence-corrected chi connectivity index (χ4v) is 7.04. The maximum absolute atomic E-state index is 13.9. The van der Waals surface area contributed by atoms with Gasteiger partial charge in [0.15, 0.2) is 0 Å². The Morgan fingerprint density at radius 3 is 2.56 bits per heavy atom. The highest BCUT2D eigenvalue weighted by molar-refractivity contribution is 7.88. The molecule has 4 rings (SSSR count). The minimum atomic E-state index is -3.57. The molecule has 2 aliphatic heterocycles. The summed E-state index contributed by atoms with van der Waals surface area (Å²) in [6.45, 7) is 9.04. The number of ether oxygens (including phenoxy) is 1. The van der Waals surface area contributed by atoms with Crippen molar-refractivity contribution in [2.45, 2.75) is 83.1 Å². The zero-order valence-corrected chi connectivity index (χ0v) is 25.4. The lowest BCUT2D eigenvalue weighted by molar-refractivity contribution is -0.138. The van der Waals surface area contributed by atoms with Gasteiger partial charge >= 0.3 is 6.09 Å². The molecule has 2 aliphatic rings. The Bertz CT molecular complexity index is 1440. The number of likely N-dealkylation sites (N-methyl/N-ethyl adjacent to an activating group) is 1. The van der Waals surface area contributed by atoms with Crippen molar-refractivity contribution in [2.24, 2.45) is 0 Å². The first-order chi connectivity index (χ1) is 19.0. The van der Waals surface area contributed by atoms with Crippen molar-refractivity contribution in [3.8, 4) is 0 Å². The van der Waals surface area contributed by atoms with Crippen LogP contribution in [0.15, 0.2) is 24.4 Å². The molecule has 2 fully saturated rings. The van der Waals surface area contributed by atoms with Gasteiger partial charge in [-0.25, -0.2) is 17.6 Å². The van der Waals surface area contributed by atoms with Crippen LogP contribution in [0.3, 0.4) is 0 Å². The number of aromatic amines is 1. The van der Waals surface area contributed by atoms with Crippen LogP contribution in [0.5, 0.6) is 0 Å². The number of likely N-dealkylation sites (tertiary alicyclic amines) is 1. The van der Waals surface area contributed by atoms with Crippen molar-refractivity contribution in [3.05, 3.63) is 35.8 Å². The van der Waals surface area contributed by atoms with Gasteiger partial charge in [-0.2, -0.15) is 4.31 Å². The fourth-order valence-electron chi connectivity index (χ4n) is 5.88. The number of halogens is 1. The van der Waals surface area contributed by atoms with Gasteiger partial charge in [-0.15, -0.1) is 0 Å². The molecule has 1 aromatic heterocycles. The molecular weight excluding hydrogens is 553 g/mol. The van der Waals surface area contributed by atoms with E-state index in [1.165, 1.54) is 34.6 Å². The number of fused-ring (bicyclic) bond motifs is 2. The van der Waals surface area contributed by atoms with Crippen molar-refractivity contribution < 1.29 is 31.9 Å². The van der Waals surface area contributed by atoms with E-state index in [0.29, 0.717) is 24.9 Å². The van der Waals surface area contributed by atoms with Gasteiger partial charge < -0.3 is 19.9 Å². The highest BCUT2D eigenvalue weighted by atomic mass is 32.2. The number of rotatable bonds is 7. The van der Waals surface area contributed by atoms with Crippen molar-refractivity contribution >= 4 is 38.8 Å².